The van der Waals surface area contributed by atoms with Gasteiger partial charge >= 0.3 is 6.18 Å². The molecule has 7 nitrogen and oxygen atoms in total. The van der Waals surface area contributed by atoms with Gasteiger partial charge < -0.3 is 15.2 Å². The number of halogens is 3. The Kier molecular flexibility index (Phi) is 6.19. The number of hydrogen-bond acceptors (Lipinski definition) is 7. The number of rotatable bonds is 5. The van der Waals surface area contributed by atoms with E-state index in [2.05, 4.69) is 50.2 Å². The Morgan fingerprint density at radius 2 is 1.97 bits per heavy atom. The van der Waals surface area contributed by atoms with E-state index in [9.17, 15) is 18.4 Å². The molecule has 6 rings (SSSR count). The minimum Gasteiger partial charge on any atom is -0.357 e. The summed E-state index contributed by atoms with van der Waals surface area (Å²) in [6.07, 6.45) is -4.19. The summed E-state index contributed by atoms with van der Waals surface area (Å²) in [5, 5.41) is 14.0. The first-order chi connectivity index (χ1) is 18.2. The normalized spacial score (nSPS) is 20.3. The number of likely N-dealkylation sites (tertiary alicyclic amines) is 1. The van der Waals surface area contributed by atoms with Gasteiger partial charge in [-0.05, 0) is 54.5 Å². The molecule has 38 heavy (non-hydrogen) atoms. The van der Waals surface area contributed by atoms with Gasteiger partial charge in [-0.15, -0.1) is 11.3 Å². The first kappa shape index (κ1) is 24.9. The molecule has 0 aliphatic carbocycles. The predicted octanol–water partition coefficient (Wildman–Crippen LogP) is 5.46. The van der Waals surface area contributed by atoms with Gasteiger partial charge in [0.25, 0.3) is 0 Å². The van der Waals surface area contributed by atoms with Crippen molar-refractivity contribution < 1.29 is 13.2 Å². The smallest absolute Gasteiger partial charge is 0.357 e. The number of anilines is 2. The van der Waals surface area contributed by atoms with Gasteiger partial charge in [0.05, 0.1) is 11.8 Å². The highest BCUT2D eigenvalue weighted by Gasteiger charge is 2.38. The van der Waals surface area contributed by atoms with Crippen LogP contribution in [-0.2, 0) is 13.0 Å². The number of thiophene rings is 1. The second-order valence-electron chi connectivity index (χ2n) is 10.4. The molecule has 4 aromatic rings. The first-order valence-corrected chi connectivity index (χ1v) is 13.6. The Balaban J connectivity index is 1.21. The molecule has 2 N–H and O–H groups in total. The number of aryl methyl sites for hydroxylation is 1. The van der Waals surface area contributed by atoms with Crippen molar-refractivity contribution in [3.8, 4) is 6.07 Å². The maximum absolute atomic E-state index is 13.1. The van der Waals surface area contributed by atoms with Crippen molar-refractivity contribution in [3.63, 3.8) is 0 Å². The van der Waals surface area contributed by atoms with E-state index < -0.39 is 12.6 Å². The second-order valence-corrected chi connectivity index (χ2v) is 11.5. The number of nitriles is 1. The minimum absolute atomic E-state index is 0.259. The van der Waals surface area contributed by atoms with Crippen LogP contribution in [0.2, 0.25) is 0 Å². The Bertz CT molecular complexity index is 1550. The number of fused-ring (bicyclic) bond motifs is 3. The van der Waals surface area contributed by atoms with E-state index in [-0.39, 0.29) is 4.88 Å². The third-order valence-electron chi connectivity index (χ3n) is 7.90. The SMILES string of the molecule is CNc1nc(N2CCC3CN(Cc4ccc5[nH]c(C#N)cc5c4C)CC3C2)c2cc(CC(F)(F)F)sc2n1. The van der Waals surface area contributed by atoms with Gasteiger partial charge in [0, 0.05) is 55.6 Å². The number of benzene rings is 1. The highest BCUT2D eigenvalue weighted by Crippen LogP contribution is 2.39. The maximum Gasteiger partial charge on any atom is 0.393 e. The average molecular weight is 540 g/mol. The van der Waals surface area contributed by atoms with Crippen LogP contribution in [0.25, 0.3) is 21.1 Å². The molecule has 3 aromatic heterocycles. The van der Waals surface area contributed by atoms with E-state index >= 15 is 0 Å². The molecule has 1 aromatic carbocycles. The Labute approximate surface area is 222 Å². The van der Waals surface area contributed by atoms with Crippen LogP contribution in [0.4, 0.5) is 24.9 Å². The lowest BCUT2D eigenvalue weighted by Gasteiger charge is -2.35. The number of hydrogen-bond donors (Lipinski definition) is 2. The van der Waals surface area contributed by atoms with E-state index in [1.54, 1.807) is 13.1 Å². The fraction of sp³-hybridized carbons (Fsp3) is 0.444. The van der Waals surface area contributed by atoms with Crippen LogP contribution in [0.3, 0.4) is 0 Å². The Morgan fingerprint density at radius 1 is 1.16 bits per heavy atom. The van der Waals surface area contributed by atoms with Crippen molar-refractivity contribution in [3.05, 3.63) is 46.0 Å². The lowest BCUT2D eigenvalue weighted by molar-refractivity contribution is -0.126. The monoisotopic (exact) mass is 539 g/mol. The van der Waals surface area contributed by atoms with E-state index in [0.717, 1.165) is 67.2 Å². The molecule has 2 atom stereocenters. The quantitative estimate of drug-likeness (QED) is 0.351. The zero-order chi connectivity index (χ0) is 26.6. The lowest BCUT2D eigenvalue weighted by Crippen LogP contribution is -2.40. The van der Waals surface area contributed by atoms with Crippen LogP contribution >= 0.6 is 11.3 Å². The van der Waals surface area contributed by atoms with Crippen molar-refractivity contribution in [2.24, 2.45) is 11.8 Å². The average Bonchev–Trinajstić information content (AvgIpc) is 3.59. The molecule has 0 bridgehead atoms. The fourth-order valence-electron chi connectivity index (χ4n) is 6.05. The number of piperidine rings is 1. The molecule has 2 unspecified atom stereocenters. The summed E-state index contributed by atoms with van der Waals surface area (Å²) in [7, 11) is 1.73. The van der Waals surface area contributed by atoms with Gasteiger partial charge in [0.2, 0.25) is 5.95 Å². The summed E-state index contributed by atoms with van der Waals surface area (Å²) >= 11 is 1.09. The highest BCUT2D eigenvalue weighted by molar-refractivity contribution is 7.18. The van der Waals surface area contributed by atoms with Crippen LogP contribution in [-0.4, -0.2) is 59.3 Å². The molecular weight excluding hydrogens is 511 g/mol. The molecule has 5 heterocycles. The largest absolute Gasteiger partial charge is 0.393 e. The number of alkyl halides is 3. The molecular formula is C27H28F3N7S. The van der Waals surface area contributed by atoms with Gasteiger partial charge in [0.15, 0.2) is 0 Å². The van der Waals surface area contributed by atoms with Crippen molar-refractivity contribution >= 4 is 44.2 Å². The predicted molar refractivity (Wildman–Crippen MR) is 144 cm³/mol. The van der Waals surface area contributed by atoms with Crippen molar-refractivity contribution in [2.45, 2.75) is 32.5 Å². The molecule has 0 radical (unpaired) electrons. The van der Waals surface area contributed by atoms with Crippen LogP contribution in [0.1, 0.15) is 28.1 Å². The van der Waals surface area contributed by atoms with Gasteiger partial charge in [-0.1, -0.05) is 6.07 Å². The molecule has 11 heteroatoms. The fourth-order valence-corrected chi connectivity index (χ4v) is 7.10. The molecule has 0 amide bonds. The molecule has 2 aliphatic rings. The van der Waals surface area contributed by atoms with Crippen molar-refractivity contribution in [2.75, 3.05) is 43.4 Å². The number of nitrogens with zero attached hydrogens (tertiary/aromatic N) is 5. The van der Waals surface area contributed by atoms with Crippen LogP contribution in [0.5, 0.6) is 0 Å². The second kappa shape index (κ2) is 9.43. The first-order valence-electron chi connectivity index (χ1n) is 12.7. The third kappa shape index (κ3) is 4.67. The van der Waals surface area contributed by atoms with Gasteiger partial charge in [-0.2, -0.15) is 23.4 Å². The lowest BCUT2D eigenvalue weighted by atomic mass is 9.88. The number of H-pyrrole nitrogens is 1. The van der Waals surface area contributed by atoms with Gasteiger partial charge in [-0.3, -0.25) is 4.90 Å². The number of aromatic nitrogens is 3. The highest BCUT2D eigenvalue weighted by atomic mass is 32.1. The Morgan fingerprint density at radius 3 is 2.74 bits per heavy atom. The summed E-state index contributed by atoms with van der Waals surface area (Å²) in [4.78, 5) is 17.9. The topological polar surface area (TPSA) is 83.9 Å². The van der Waals surface area contributed by atoms with E-state index in [1.807, 2.05) is 6.07 Å². The van der Waals surface area contributed by atoms with E-state index in [4.69, 9.17) is 4.98 Å². The van der Waals surface area contributed by atoms with E-state index in [1.165, 1.54) is 11.1 Å². The molecule has 0 saturated carbocycles. The van der Waals surface area contributed by atoms with Crippen LogP contribution < -0.4 is 10.2 Å². The van der Waals surface area contributed by atoms with Crippen molar-refractivity contribution in [1.29, 1.82) is 5.26 Å². The van der Waals surface area contributed by atoms with Crippen molar-refractivity contribution in [1.82, 2.24) is 19.9 Å². The molecule has 2 saturated heterocycles. The molecule has 2 aliphatic heterocycles. The van der Waals surface area contributed by atoms with Crippen LogP contribution in [0.15, 0.2) is 24.3 Å². The van der Waals surface area contributed by atoms with Gasteiger partial charge in [-0.25, -0.2) is 4.98 Å². The summed E-state index contributed by atoms with van der Waals surface area (Å²) < 4.78 is 39.2. The maximum atomic E-state index is 13.1. The van der Waals surface area contributed by atoms with Gasteiger partial charge in [0.1, 0.15) is 22.4 Å². The Hall–Kier alpha value is -3.36. The summed E-state index contributed by atoms with van der Waals surface area (Å²) in [5.74, 6) is 2.19. The standard InChI is InChI=1S/C27H28F3N7S/c1-15-16(3-4-23-21(15)7-19(10-31)33-23)11-36-12-17-5-6-37(14-18(17)13-36)24-22-8-20(9-27(28,29)30)38-25(22)35-26(32-2)34-24/h3-4,7-8,17-18,33H,5-6,9,11-14H2,1-2H3,(H,32,34,35). The third-order valence-corrected chi connectivity index (χ3v) is 8.93. The summed E-state index contributed by atoms with van der Waals surface area (Å²) in [6.45, 7) is 6.61. The zero-order valence-corrected chi connectivity index (χ0v) is 22.0. The molecule has 0 spiro atoms. The summed E-state index contributed by atoms with van der Waals surface area (Å²) in [5.41, 5.74) is 4.02. The van der Waals surface area contributed by atoms with E-state index in [0.29, 0.717) is 33.7 Å². The molecule has 2 fully saturated rings. The molecule has 198 valence electrons. The minimum atomic E-state index is -4.26. The number of aromatic amines is 1. The summed E-state index contributed by atoms with van der Waals surface area (Å²) in [6, 6.07) is 9.92. The van der Waals surface area contributed by atoms with Crippen LogP contribution in [0, 0.1) is 30.1 Å². The number of nitrogens with one attached hydrogen (secondary N) is 2. The zero-order valence-electron chi connectivity index (χ0n) is 21.2.